The minimum Gasteiger partial charge on any atom is -0.338 e. The Morgan fingerprint density at radius 3 is 2.00 bits per heavy atom. The Hall–Kier alpha value is -3.80. The summed E-state index contributed by atoms with van der Waals surface area (Å²) in [5.41, 5.74) is 4.23. The Balaban J connectivity index is 1.90. The number of pyridine rings is 3. The van der Waals surface area contributed by atoms with Gasteiger partial charge < -0.3 is 5.32 Å². The molecule has 1 aromatic carbocycles. The molecule has 4 aromatic rings. The van der Waals surface area contributed by atoms with Gasteiger partial charge in [-0.1, -0.05) is 12.1 Å². The van der Waals surface area contributed by atoms with Gasteiger partial charge >= 0.3 is 6.03 Å². The molecular weight excluding hydrogens is 350 g/mol. The third-order valence-corrected chi connectivity index (χ3v) is 4.46. The SMILES string of the molecule is CCNC(=O)Nc1cc2c(-c3ccncc3)ccc(-c3ccncc3)c2cn1. The zero-order valence-corrected chi connectivity index (χ0v) is 15.4. The normalized spacial score (nSPS) is 10.6. The van der Waals surface area contributed by atoms with Crippen LogP contribution in [0.4, 0.5) is 10.6 Å². The summed E-state index contributed by atoms with van der Waals surface area (Å²) in [6.45, 7) is 2.42. The predicted octanol–water partition coefficient (Wildman–Crippen LogP) is 4.50. The summed E-state index contributed by atoms with van der Waals surface area (Å²) in [4.78, 5) is 24.6. The Bertz CT molecular complexity index is 1110. The van der Waals surface area contributed by atoms with Crippen LogP contribution in [-0.4, -0.2) is 27.5 Å². The van der Waals surface area contributed by atoms with Crippen molar-refractivity contribution in [3.8, 4) is 22.3 Å². The van der Waals surface area contributed by atoms with Crippen molar-refractivity contribution < 1.29 is 4.79 Å². The number of amides is 2. The molecule has 0 bridgehead atoms. The van der Waals surface area contributed by atoms with Crippen LogP contribution in [0.1, 0.15) is 6.92 Å². The quantitative estimate of drug-likeness (QED) is 0.555. The van der Waals surface area contributed by atoms with E-state index in [9.17, 15) is 4.79 Å². The van der Waals surface area contributed by atoms with Crippen molar-refractivity contribution in [1.82, 2.24) is 20.3 Å². The fourth-order valence-electron chi connectivity index (χ4n) is 3.19. The highest BCUT2D eigenvalue weighted by Crippen LogP contribution is 2.36. The molecule has 28 heavy (non-hydrogen) atoms. The van der Waals surface area contributed by atoms with Crippen molar-refractivity contribution in [3.05, 3.63) is 73.4 Å². The molecule has 0 atom stereocenters. The van der Waals surface area contributed by atoms with Crippen LogP contribution in [0, 0.1) is 0 Å². The zero-order chi connectivity index (χ0) is 19.3. The van der Waals surface area contributed by atoms with E-state index in [0.29, 0.717) is 12.4 Å². The molecule has 4 rings (SSSR count). The van der Waals surface area contributed by atoms with Gasteiger partial charge in [-0.15, -0.1) is 0 Å². The first-order valence-corrected chi connectivity index (χ1v) is 9.04. The molecular formula is C22H19N5O. The van der Waals surface area contributed by atoms with Crippen LogP contribution in [0.2, 0.25) is 0 Å². The lowest BCUT2D eigenvalue weighted by molar-refractivity contribution is 0.252. The minimum atomic E-state index is -0.273. The lowest BCUT2D eigenvalue weighted by Crippen LogP contribution is -2.28. The van der Waals surface area contributed by atoms with Crippen LogP contribution in [-0.2, 0) is 0 Å². The predicted molar refractivity (Wildman–Crippen MR) is 111 cm³/mol. The van der Waals surface area contributed by atoms with Crippen molar-refractivity contribution in [2.75, 3.05) is 11.9 Å². The smallest absolute Gasteiger partial charge is 0.320 e. The molecule has 0 aliphatic rings. The third kappa shape index (κ3) is 3.53. The highest BCUT2D eigenvalue weighted by Gasteiger charge is 2.12. The number of hydrogen-bond donors (Lipinski definition) is 2. The first-order chi connectivity index (χ1) is 13.8. The number of benzene rings is 1. The van der Waals surface area contributed by atoms with E-state index in [-0.39, 0.29) is 6.03 Å². The van der Waals surface area contributed by atoms with E-state index in [0.717, 1.165) is 33.0 Å². The maximum Gasteiger partial charge on any atom is 0.320 e. The number of urea groups is 1. The van der Waals surface area contributed by atoms with Gasteiger partial charge in [0, 0.05) is 42.9 Å². The van der Waals surface area contributed by atoms with Gasteiger partial charge in [0.1, 0.15) is 5.82 Å². The lowest BCUT2D eigenvalue weighted by atomic mass is 9.94. The maximum absolute atomic E-state index is 11.9. The summed E-state index contributed by atoms with van der Waals surface area (Å²) < 4.78 is 0. The van der Waals surface area contributed by atoms with E-state index in [1.54, 1.807) is 31.0 Å². The molecule has 0 saturated heterocycles. The average molecular weight is 369 g/mol. The van der Waals surface area contributed by atoms with E-state index >= 15 is 0 Å². The second-order valence-electron chi connectivity index (χ2n) is 6.23. The first kappa shape index (κ1) is 17.6. The highest BCUT2D eigenvalue weighted by molar-refractivity contribution is 6.06. The lowest BCUT2D eigenvalue weighted by Gasteiger charge is -2.13. The van der Waals surface area contributed by atoms with Gasteiger partial charge in [0.15, 0.2) is 0 Å². The number of aromatic nitrogens is 3. The summed E-state index contributed by atoms with van der Waals surface area (Å²) in [7, 11) is 0. The molecule has 0 aliphatic carbocycles. The Kier molecular flexibility index (Phi) is 4.93. The molecule has 6 nitrogen and oxygen atoms in total. The van der Waals surface area contributed by atoms with Gasteiger partial charge in [-0.2, -0.15) is 0 Å². The molecule has 0 unspecified atom stereocenters. The molecule has 3 heterocycles. The summed E-state index contributed by atoms with van der Waals surface area (Å²) in [5.74, 6) is 0.501. The third-order valence-electron chi connectivity index (χ3n) is 4.46. The fourth-order valence-corrected chi connectivity index (χ4v) is 3.19. The largest absolute Gasteiger partial charge is 0.338 e. The van der Waals surface area contributed by atoms with E-state index in [1.165, 1.54) is 0 Å². The molecule has 138 valence electrons. The second kappa shape index (κ2) is 7.84. The van der Waals surface area contributed by atoms with E-state index in [4.69, 9.17) is 0 Å². The molecule has 0 radical (unpaired) electrons. The van der Waals surface area contributed by atoms with Crippen molar-refractivity contribution in [2.24, 2.45) is 0 Å². The summed E-state index contributed by atoms with van der Waals surface area (Å²) >= 11 is 0. The van der Waals surface area contributed by atoms with Gasteiger partial charge in [-0.25, -0.2) is 9.78 Å². The first-order valence-electron chi connectivity index (χ1n) is 9.04. The topological polar surface area (TPSA) is 79.8 Å². The van der Waals surface area contributed by atoms with Gasteiger partial charge in [0.2, 0.25) is 0 Å². The summed E-state index contributed by atoms with van der Waals surface area (Å²) in [6, 6.07) is 13.7. The maximum atomic E-state index is 11.9. The second-order valence-corrected chi connectivity index (χ2v) is 6.23. The molecule has 0 saturated carbocycles. The van der Waals surface area contributed by atoms with Crippen molar-refractivity contribution in [1.29, 1.82) is 0 Å². The molecule has 0 aliphatic heterocycles. The standard InChI is InChI=1S/C22H19N5O/c1-2-25-22(28)27-21-13-19-17(15-5-9-23-10-6-15)3-4-18(20(19)14-26-21)16-7-11-24-12-8-16/h3-14H,2H2,1H3,(H2,25,26,27,28). The van der Waals surface area contributed by atoms with Crippen LogP contribution in [0.3, 0.4) is 0 Å². The van der Waals surface area contributed by atoms with Crippen LogP contribution in [0.5, 0.6) is 0 Å². The average Bonchev–Trinajstić information content (AvgIpc) is 2.74. The highest BCUT2D eigenvalue weighted by atomic mass is 16.2. The summed E-state index contributed by atoms with van der Waals surface area (Å²) in [5, 5.41) is 7.51. The Morgan fingerprint density at radius 2 is 1.43 bits per heavy atom. The van der Waals surface area contributed by atoms with Gasteiger partial charge in [-0.05, 0) is 64.9 Å². The molecule has 2 amide bonds. The number of nitrogens with one attached hydrogen (secondary N) is 2. The molecule has 0 spiro atoms. The van der Waals surface area contributed by atoms with Crippen molar-refractivity contribution in [2.45, 2.75) is 6.92 Å². The van der Waals surface area contributed by atoms with Gasteiger partial charge in [0.05, 0.1) is 0 Å². The molecule has 3 aromatic heterocycles. The number of fused-ring (bicyclic) bond motifs is 1. The Labute approximate surface area is 162 Å². The fraction of sp³-hybridized carbons (Fsp3) is 0.0909. The van der Waals surface area contributed by atoms with Crippen LogP contribution in [0.15, 0.2) is 73.4 Å². The number of rotatable bonds is 4. The van der Waals surface area contributed by atoms with E-state index in [1.807, 2.05) is 37.3 Å². The summed E-state index contributed by atoms with van der Waals surface area (Å²) in [6.07, 6.45) is 8.89. The van der Waals surface area contributed by atoms with Gasteiger partial charge in [0.25, 0.3) is 0 Å². The minimum absolute atomic E-state index is 0.273. The number of carbonyl (C=O) groups is 1. The molecule has 2 N–H and O–H groups in total. The van der Waals surface area contributed by atoms with Crippen LogP contribution in [0.25, 0.3) is 33.0 Å². The molecule has 6 heteroatoms. The number of carbonyl (C=O) groups excluding carboxylic acids is 1. The molecule has 0 fully saturated rings. The van der Waals surface area contributed by atoms with Crippen LogP contribution < -0.4 is 10.6 Å². The van der Waals surface area contributed by atoms with E-state index in [2.05, 4.69) is 37.7 Å². The number of anilines is 1. The van der Waals surface area contributed by atoms with Crippen molar-refractivity contribution in [3.63, 3.8) is 0 Å². The van der Waals surface area contributed by atoms with Crippen LogP contribution >= 0.6 is 0 Å². The van der Waals surface area contributed by atoms with Gasteiger partial charge in [-0.3, -0.25) is 15.3 Å². The number of nitrogens with zero attached hydrogens (tertiary/aromatic N) is 3. The number of hydrogen-bond acceptors (Lipinski definition) is 4. The van der Waals surface area contributed by atoms with Crippen molar-refractivity contribution >= 4 is 22.6 Å². The monoisotopic (exact) mass is 369 g/mol. The zero-order valence-electron chi connectivity index (χ0n) is 15.4. The van der Waals surface area contributed by atoms with E-state index < -0.39 is 0 Å². The Morgan fingerprint density at radius 1 is 0.857 bits per heavy atom.